The number of furan rings is 1. The maximum Gasteiger partial charge on any atom is 0.254 e. The normalized spacial score (nSPS) is 13.2. The molecule has 2 aromatic carbocycles. The molecule has 0 radical (unpaired) electrons. The molecule has 0 aliphatic carbocycles. The molecule has 1 fully saturated rings. The van der Waals surface area contributed by atoms with Gasteiger partial charge in [-0.05, 0) is 48.5 Å². The van der Waals surface area contributed by atoms with Crippen LogP contribution in [0.1, 0.15) is 26.5 Å². The van der Waals surface area contributed by atoms with Gasteiger partial charge in [-0.2, -0.15) is 0 Å². The predicted octanol–water partition coefficient (Wildman–Crippen LogP) is 2.73. The van der Waals surface area contributed by atoms with Crippen LogP contribution >= 0.6 is 0 Å². The van der Waals surface area contributed by atoms with Crippen LogP contribution in [-0.2, 0) is 16.1 Å². The molecule has 4 rings (SSSR count). The lowest BCUT2D eigenvalue weighted by Gasteiger charge is -2.27. The summed E-state index contributed by atoms with van der Waals surface area (Å²) in [4.78, 5) is 39.2. The molecule has 0 bridgehead atoms. The molecular weight excluding hydrogens is 436 g/mol. The molecular formula is C25H26N4O5. The topological polar surface area (TPSA) is 113 Å². The Morgan fingerprint density at radius 2 is 1.62 bits per heavy atom. The van der Waals surface area contributed by atoms with Crippen LogP contribution in [0.4, 0.5) is 11.4 Å². The number of carbonyl (C=O) groups excluding carboxylic acids is 3. The SMILES string of the molecule is O=C(CNc1cccc(C(=O)NCc2ccco2)c1)Nc1cccc(C(=O)N2CCOCC2)c1. The highest BCUT2D eigenvalue weighted by Crippen LogP contribution is 2.15. The first kappa shape index (κ1) is 23.1. The molecule has 1 aliphatic rings. The van der Waals surface area contributed by atoms with Crippen LogP contribution in [0.5, 0.6) is 0 Å². The van der Waals surface area contributed by atoms with Crippen LogP contribution in [0.15, 0.2) is 71.3 Å². The number of nitrogens with zero attached hydrogens (tertiary/aromatic N) is 1. The second-order valence-electron chi connectivity index (χ2n) is 7.73. The van der Waals surface area contributed by atoms with E-state index in [9.17, 15) is 14.4 Å². The minimum atomic E-state index is -0.274. The number of carbonyl (C=O) groups is 3. The number of hydrogen-bond acceptors (Lipinski definition) is 6. The number of benzene rings is 2. The number of hydrogen-bond donors (Lipinski definition) is 3. The first-order chi connectivity index (χ1) is 16.6. The van der Waals surface area contributed by atoms with Crippen LogP contribution in [0.3, 0.4) is 0 Å². The van der Waals surface area contributed by atoms with Gasteiger partial charge in [0.05, 0.1) is 32.6 Å². The molecule has 2 heterocycles. The molecule has 0 spiro atoms. The summed E-state index contributed by atoms with van der Waals surface area (Å²) in [5.74, 6) is 0.0598. The summed E-state index contributed by atoms with van der Waals surface area (Å²) in [6.07, 6.45) is 1.55. The minimum Gasteiger partial charge on any atom is -0.467 e. The molecule has 0 saturated carbocycles. The fourth-order valence-corrected chi connectivity index (χ4v) is 3.52. The Bertz CT molecular complexity index is 1140. The molecule has 3 N–H and O–H groups in total. The van der Waals surface area contributed by atoms with Gasteiger partial charge in [0.2, 0.25) is 5.91 Å². The van der Waals surface area contributed by atoms with Crippen molar-refractivity contribution in [2.24, 2.45) is 0 Å². The molecule has 1 saturated heterocycles. The maximum absolute atomic E-state index is 12.7. The Balaban J connectivity index is 1.29. The minimum absolute atomic E-state index is 0.000887. The van der Waals surface area contributed by atoms with E-state index in [1.165, 1.54) is 0 Å². The molecule has 1 aromatic heterocycles. The number of amides is 3. The monoisotopic (exact) mass is 462 g/mol. The first-order valence-electron chi connectivity index (χ1n) is 11.0. The van der Waals surface area contributed by atoms with Gasteiger partial charge in [-0.3, -0.25) is 14.4 Å². The summed E-state index contributed by atoms with van der Waals surface area (Å²) < 4.78 is 10.5. The zero-order valence-corrected chi connectivity index (χ0v) is 18.6. The highest BCUT2D eigenvalue weighted by molar-refractivity contribution is 5.98. The molecule has 0 unspecified atom stereocenters. The summed E-state index contributed by atoms with van der Waals surface area (Å²) >= 11 is 0. The summed E-state index contributed by atoms with van der Waals surface area (Å²) in [5, 5.41) is 8.60. The summed E-state index contributed by atoms with van der Waals surface area (Å²) in [5.41, 5.74) is 2.15. The Hall–Kier alpha value is -4.11. The van der Waals surface area contributed by atoms with Crippen molar-refractivity contribution in [2.75, 3.05) is 43.5 Å². The third kappa shape index (κ3) is 6.23. The van der Waals surface area contributed by atoms with E-state index in [-0.39, 0.29) is 24.3 Å². The average molecular weight is 463 g/mol. The fourth-order valence-electron chi connectivity index (χ4n) is 3.52. The van der Waals surface area contributed by atoms with Crippen LogP contribution in [0.2, 0.25) is 0 Å². The Labute approximate surface area is 197 Å². The van der Waals surface area contributed by atoms with E-state index in [0.29, 0.717) is 61.1 Å². The van der Waals surface area contributed by atoms with Gasteiger partial charge >= 0.3 is 0 Å². The Kier molecular flexibility index (Phi) is 7.56. The van der Waals surface area contributed by atoms with E-state index in [1.54, 1.807) is 71.8 Å². The third-order valence-corrected chi connectivity index (χ3v) is 5.27. The highest BCUT2D eigenvalue weighted by atomic mass is 16.5. The zero-order valence-electron chi connectivity index (χ0n) is 18.6. The van der Waals surface area contributed by atoms with E-state index >= 15 is 0 Å². The average Bonchev–Trinajstić information content (AvgIpc) is 3.40. The van der Waals surface area contributed by atoms with Crippen LogP contribution in [0.25, 0.3) is 0 Å². The van der Waals surface area contributed by atoms with Crippen molar-refractivity contribution in [3.8, 4) is 0 Å². The van der Waals surface area contributed by atoms with E-state index in [0.717, 1.165) is 0 Å². The number of nitrogens with one attached hydrogen (secondary N) is 3. The van der Waals surface area contributed by atoms with Crippen molar-refractivity contribution in [3.63, 3.8) is 0 Å². The quantitative estimate of drug-likeness (QED) is 0.475. The molecule has 9 nitrogen and oxygen atoms in total. The standard InChI is InChI=1S/C25H26N4O5/c30-23(28-21-7-2-5-19(15-21)25(32)29-9-12-33-13-10-29)17-26-20-6-1-4-18(14-20)24(31)27-16-22-8-3-11-34-22/h1-8,11,14-15,26H,9-10,12-13,16-17H2,(H,27,31)(H,28,30). The van der Waals surface area contributed by atoms with Gasteiger partial charge in [0.25, 0.3) is 11.8 Å². The van der Waals surface area contributed by atoms with Gasteiger partial charge in [-0.25, -0.2) is 0 Å². The third-order valence-electron chi connectivity index (χ3n) is 5.27. The molecule has 176 valence electrons. The molecule has 9 heteroatoms. The lowest BCUT2D eigenvalue weighted by atomic mass is 10.1. The zero-order chi connectivity index (χ0) is 23.8. The van der Waals surface area contributed by atoms with Gasteiger partial charge in [-0.15, -0.1) is 0 Å². The molecule has 3 amide bonds. The largest absolute Gasteiger partial charge is 0.467 e. The van der Waals surface area contributed by atoms with Gasteiger partial charge in [0, 0.05) is 35.6 Å². The molecule has 1 aliphatic heterocycles. The summed E-state index contributed by atoms with van der Waals surface area (Å²) in [7, 11) is 0. The molecule has 0 atom stereocenters. The van der Waals surface area contributed by atoms with Gasteiger partial charge < -0.3 is 30.0 Å². The number of rotatable bonds is 8. The second kappa shape index (κ2) is 11.2. The first-order valence-corrected chi connectivity index (χ1v) is 11.0. The Morgan fingerprint density at radius 3 is 2.38 bits per heavy atom. The predicted molar refractivity (Wildman–Crippen MR) is 127 cm³/mol. The van der Waals surface area contributed by atoms with Gasteiger partial charge in [0.1, 0.15) is 5.76 Å². The second-order valence-corrected chi connectivity index (χ2v) is 7.73. The van der Waals surface area contributed by atoms with Crippen molar-refractivity contribution < 1.29 is 23.5 Å². The molecule has 3 aromatic rings. The van der Waals surface area contributed by atoms with E-state index in [2.05, 4.69) is 16.0 Å². The van der Waals surface area contributed by atoms with Crippen molar-refractivity contribution in [1.82, 2.24) is 10.2 Å². The Morgan fingerprint density at radius 1 is 0.882 bits per heavy atom. The van der Waals surface area contributed by atoms with E-state index < -0.39 is 0 Å². The highest BCUT2D eigenvalue weighted by Gasteiger charge is 2.18. The number of anilines is 2. The van der Waals surface area contributed by atoms with Crippen molar-refractivity contribution >= 4 is 29.1 Å². The fraction of sp³-hybridized carbons (Fsp3) is 0.240. The van der Waals surface area contributed by atoms with Crippen molar-refractivity contribution in [1.29, 1.82) is 0 Å². The summed E-state index contributed by atoms with van der Waals surface area (Å²) in [6, 6.07) is 17.3. The smallest absolute Gasteiger partial charge is 0.254 e. The van der Waals surface area contributed by atoms with Crippen LogP contribution in [-0.4, -0.2) is 55.5 Å². The maximum atomic E-state index is 12.7. The van der Waals surface area contributed by atoms with Crippen LogP contribution in [0, 0.1) is 0 Å². The summed E-state index contributed by atoms with van der Waals surface area (Å²) in [6.45, 7) is 2.46. The number of morpholine rings is 1. The molecule has 34 heavy (non-hydrogen) atoms. The van der Waals surface area contributed by atoms with E-state index in [4.69, 9.17) is 9.15 Å². The van der Waals surface area contributed by atoms with Gasteiger partial charge in [-0.1, -0.05) is 12.1 Å². The van der Waals surface area contributed by atoms with Gasteiger partial charge in [0.15, 0.2) is 0 Å². The van der Waals surface area contributed by atoms with Crippen LogP contribution < -0.4 is 16.0 Å². The van der Waals surface area contributed by atoms with E-state index in [1.807, 2.05) is 0 Å². The lowest BCUT2D eigenvalue weighted by Crippen LogP contribution is -2.40. The van der Waals surface area contributed by atoms with Crippen molar-refractivity contribution in [3.05, 3.63) is 83.8 Å². The lowest BCUT2D eigenvalue weighted by molar-refractivity contribution is -0.114. The van der Waals surface area contributed by atoms with Crippen molar-refractivity contribution in [2.45, 2.75) is 6.54 Å². The number of ether oxygens (including phenoxy) is 1.